The van der Waals surface area contributed by atoms with Gasteiger partial charge in [-0.2, -0.15) is 11.8 Å². The first-order valence-corrected chi connectivity index (χ1v) is 9.49. The van der Waals surface area contributed by atoms with E-state index >= 15 is 0 Å². The minimum atomic E-state index is 0.0275. The van der Waals surface area contributed by atoms with Crippen LogP contribution in [0, 0.1) is 0 Å². The molecule has 0 radical (unpaired) electrons. The molecule has 1 amide bonds. The van der Waals surface area contributed by atoms with Crippen LogP contribution in [-0.4, -0.2) is 34.3 Å². The second-order valence-corrected chi connectivity index (χ2v) is 7.27. The number of thiazole rings is 1. The van der Waals surface area contributed by atoms with Crippen molar-refractivity contribution < 1.29 is 4.79 Å². The van der Waals surface area contributed by atoms with Gasteiger partial charge in [-0.3, -0.25) is 9.69 Å². The normalized spacial score (nSPS) is 14.6. The first kappa shape index (κ1) is 15.5. The van der Waals surface area contributed by atoms with E-state index in [1.165, 1.54) is 22.2 Å². The summed E-state index contributed by atoms with van der Waals surface area (Å²) < 4.78 is 0. The summed E-state index contributed by atoms with van der Waals surface area (Å²) in [6.45, 7) is 2.90. The van der Waals surface area contributed by atoms with Gasteiger partial charge in [0.25, 0.3) is 0 Å². The van der Waals surface area contributed by atoms with Gasteiger partial charge in [0.1, 0.15) is 0 Å². The van der Waals surface area contributed by atoms with Crippen molar-refractivity contribution in [2.24, 2.45) is 0 Å². The summed E-state index contributed by atoms with van der Waals surface area (Å²) >= 11 is 3.13. The molecule has 0 bridgehead atoms. The fourth-order valence-corrected chi connectivity index (χ4v) is 3.97. The highest BCUT2D eigenvalue weighted by Gasteiger charge is 2.21. The number of amides is 1. The largest absolute Gasteiger partial charge is 0.301 e. The predicted molar refractivity (Wildman–Crippen MR) is 93.4 cm³/mol. The Morgan fingerprint density at radius 2 is 2.23 bits per heavy atom. The molecule has 0 aliphatic carbocycles. The van der Waals surface area contributed by atoms with Crippen molar-refractivity contribution in [3.63, 3.8) is 0 Å². The van der Waals surface area contributed by atoms with Crippen LogP contribution in [0.15, 0.2) is 30.3 Å². The van der Waals surface area contributed by atoms with Crippen molar-refractivity contribution in [3.05, 3.63) is 46.5 Å². The molecule has 1 aliphatic rings. The maximum Gasteiger partial charge on any atom is 0.236 e. The van der Waals surface area contributed by atoms with Gasteiger partial charge in [-0.1, -0.05) is 30.3 Å². The van der Waals surface area contributed by atoms with Crippen LogP contribution < -0.4 is 5.32 Å². The summed E-state index contributed by atoms with van der Waals surface area (Å²) in [5.41, 5.74) is 2.48. The van der Waals surface area contributed by atoms with E-state index in [1.54, 1.807) is 11.3 Å². The Bertz CT molecular complexity index is 642. The molecule has 116 valence electrons. The molecule has 0 unspecified atom stereocenters. The molecule has 3 rings (SSSR count). The van der Waals surface area contributed by atoms with E-state index in [4.69, 9.17) is 0 Å². The van der Waals surface area contributed by atoms with Crippen LogP contribution in [0.25, 0.3) is 0 Å². The molecule has 1 N–H and O–H groups in total. The lowest BCUT2D eigenvalue weighted by atomic mass is 10.1. The van der Waals surface area contributed by atoms with Crippen molar-refractivity contribution >= 4 is 34.1 Å². The second-order valence-electron chi connectivity index (χ2n) is 5.32. The highest BCUT2D eigenvalue weighted by atomic mass is 32.2. The molecule has 22 heavy (non-hydrogen) atoms. The molecule has 4 nitrogen and oxygen atoms in total. The first-order chi connectivity index (χ1) is 10.7. The average Bonchev–Trinajstić information content (AvgIpc) is 2.90. The Morgan fingerprint density at radius 3 is 3.00 bits per heavy atom. The summed E-state index contributed by atoms with van der Waals surface area (Å²) in [5.74, 6) is 0.504. The van der Waals surface area contributed by atoms with Crippen LogP contribution in [0.4, 0.5) is 5.13 Å². The van der Waals surface area contributed by atoms with Crippen LogP contribution in [0.2, 0.25) is 0 Å². The molecule has 2 heterocycles. The van der Waals surface area contributed by atoms with Gasteiger partial charge in [0.05, 0.1) is 11.4 Å². The van der Waals surface area contributed by atoms with Crippen LogP contribution in [0.3, 0.4) is 0 Å². The van der Waals surface area contributed by atoms with Crippen LogP contribution in [0.1, 0.15) is 16.1 Å². The van der Waals surface area contributed by atoms with Gasteiger partial charge < -0.3 is 5.32 Å². The number of fused-ring (bicyclic) bond motifs is 1. The quantitative estimate of drug-likeness (QED) is 0.914. The molecular formula is C16H19N3OS2. The van der Waals surface area contributed by atoms with Crippen molar-refractivity contribution in [1.29, 1.82) is 0 Å². The van der Waals surface area contributed by atoms with Gasteiger partial charge in [0.2, 0.25) is 5.91 Å². The van der Waals surface area contributed by atoms with E-state index in [0.29, 0.717) is 5.75 Å². The third-order valence-electron chi connectivity index (χ3n) is 3.58. The highest BCUT2D eigenvalue weighted by molar-refractivity contribution is 7.99. The number of thioether (sulfide) groups is 1. The summed E-state index contributed by atoms with van der Waals surface area (Å²) in [5, 5.41) is 3.64. The zero-order valence-corrected chi connectivity index (χ0v) is 14.2. The molecule has 0 saturated heterocycles. The number of hydrogen-bond donors (Lipinski definition) is 1. The summed E-state index contributed by atoms with van der Waals surface area (Å²) in [7, 11) is 0. The number of hydrogen-bond acceptors (Lipinski definition) is 5. The number of aromatic nitrogens is 1. The molecule has 0 fully saturated rings. The molecule has 1 aromatic heterocycles. The monoisotopic (exact) mass is 333 g/mol. The molecule has 6 heteroatoms. The van der Waals surface area contributed by atoms with Crippen molar-refractivity contribution in [3.8, 4) is 0 Å². The summed E-state index contributed by atoms with van der Waals surface area (Å²) in [6, 6.07) is 10.5. The second kappa shape index (κ2) is 7.26. The molecule has 0 spiro atoms. The lowest BCUT2D eigenvalue weighted by Crippen LogP contribution is -2.29. The van der Waals surface area contributed by atoms with Crippen molar-refractivity contribution in [2.75, 3.05) is 23.9 Å². The van der Waals surface area contributed by atoms with Gasteiger partial charge >= 0.3 is 0 Å². The van der Waals surface area contributed by atoms with Crippen LogP contribution in [-0.2, 0) is 24.3 Å². The zero-order valence-electron chi connectivity index (χ0n) is 12.5. The standard InChI is InChI=1S/C16H19N3OS2/c1-21-11-15(20)18-16-17-13-7-8-19(10-14(13)22-16)9-12-5-3-2-4-6-12/h2-6H,7-11H2,1H3,(H,17,18,20). The molecule has 1 aromatic carbocycles. The Kier molecular flexibility index (Phi) is 5.12. The number of anilines is 1. The fraction of sp³-hybridized carbons (Fsp3) is 0.375. The predicted octanol–water partition coefficient (Wildman–Crippen LogP) is 3.00. The van der Waals surface area contributed by atoms with Gasteiger partial charge in [0, 0.05) is 30.9 Å². The third-order valence-corrected chi connectivity index (χ3v) is 5.13. The molecule has 0 atom stereocenters. The van der Waals surface area contributed by atoms with E-state index in [0.717, 1.165) is 36.9 Å². The van der Waals surface area contributed by atoms with Gasteiger partial charge in [-0.25, -0.2) is 4.98 Å². The van der Waals surface area contributed by atoms with E-state index in [2.05, 4.69) is 39.5 Å². The Balaban J connectivity index is 1.63. The lowest BCUT2D eigenvalue weighted by Gasteiger charge is -2.25. The number of nitrogens with one attached hydrogen (secondary N) is 1. The first-order valence-electron chi connectivity index (χ1n) is 7.28. The Labute approximate surface area is 138 Å². The lowest BCUT2D eigenvalue weighted by molar-refractivity contribution is -0.113. The van der Waals surface area contributed by atoms with E-state index < -0.39 is 0 Å². The van der Waals surface area contributed by atoms with E-state index in [-0.39, 0.29) is 5.91 Å². The zero-order chi connectivity index (χ0) is 15.4. The summed E-state index contributed by atoms with van der Waals surface area (Å²) in [4.78, 5) is 19.9. The highest BCUT2D eigenvalue weighted by Crippen LogP contribution is 2.29. The average molecular weight is 333 g/mol. The minimum Gasteiger partial charge on any atom is -0.301 e. The third kappa shape index (κ3) is 3.88. The summed E-state index contributed by atoms with van der Waals surface area (Å²) in [6.07, 6.45) is 2.88. The number of nitrogens with zero attached hydrogens (tertiary/aromatic N) is 2. The number of carbonyl (C=O) groups is 1. The molecule has 2 aromatic rings. The van der Waals surface area contributed by atoms with Gasteiger partial charge in [0.15, 0.2) is 5.13 Å². The SMILES string of the molecule is CSCC(=O)Nc1nc2c(s1)CN(Cc1ccccc1)CC2. The molecular weight excluding hydrogens is 314 g/mol. The maximum absolute atomic E-state index is 11.7. The van der Waals surface area contributed by atoms with E-state index in [1.807, 2.05) is 12.3 Å². The smallest absolute Gasteiger partial charge is 0.236 e. The fourth-order valence-electron chi connectivity index (χ4n) is 2.56. The van der Waals surface area contributed by atoms with Crippen molar-refractivity contribution in [2.45, 2.75) is 19.5 Å². The van der Waals surface area contributed by atoms with E-state index in [9.17, 15) is 4.79 Å². The molecule has 0 saturated carbocycles. The number of rotatable bonds is 5. The van der Waals surface area contributed by atoms with Gasteiger partial charge in [-0.05, 0) is 11.8 Å². The maximum atomic E-state index is 11.7. The van der Waals surface area contributed by atoms with Crippen molar-refractivity contribution in [1.82, 2.24) is 9.88 Å². The van der Waals surface area contributed by atoms with Crippen LogP contribution in [0.5, 0.6) is 0 Å². The minimum absolute atomic E-state index is 0.0275. The Morgan fingerprint density at radius 1 is 1.41 bits per heavy atom. The Hall–Kier alpha value is -1.37. The topological polar surface area (TPSA) is 45.2 Å². The van der Waals surface area contributed by atoms with Gasteiger partial charge in [-0.15, -0.1) is 11.3 Å². The van der Waals surface area contributed by atoms with Crippen LogP contribution >= 0.6 is 23.1 Å². The molecule has 1 aliphatic heterocycles. The number of benzene rings is 1. The number of carbonyl (C=O) groups excluding carboxylic acids is 1.